The average molecular weight is 767 g/mol. The van der Waals surface area contributed by atoms with E-state index in [0.717, 1.165) is 6.07 Å². The lowest BCUT2D eigenvalue weighted by molar-refractivity contribution is -0.136. The highest BCUT2D eigenvalue weighted by atomic mass is 32.2. The second-order valence-electron chi connectivity index (χ2n) is 13.7. The third-order valence-corrected chi connectivity index (χ3v) is 11.0. The van der Waals surface area contributed by atoms with E-state index < -0.39 is 38.9 Å². The van der Waals surface area contributed by atoms with Gasteiger partial charge in [0.25, 0.3) is 0 Å². The van der Waals surface area contributed by atoms with Gasteiger partial charge in [0.05, 0.1) is 37.7 Å². The van der Waals surface area contributed by atoms with Gasteiger partial charge in [0, 0.05) is 23.2 Å². The van der Waals surface area contributed by atoms with E-state index in [9.17, 15) is 18.0 Å². The summed E-state index contributed by atoms with van der Waals surface area (Å²) in [4.78, 5) is 18.4. The normalized spacial score (nSPS) is 14.8. The van der Waals surface area contributed by atoms with Gasteiger partial charge in [-0.1, -0.05) is 117 Å². The Morgan fingerprint density at radius 2 is 1.49 bits per heavy atom. The van der Waals surface area contributed by atoms with Crippen molar-refractivity contribution in [1.82, 2.24) is 19.5 Å². The number of methoxy groups -OCH3 is 1. The van der Waals surface area contributed by atoms with Crippen LogP contribution in [-0.4, -0.2) is 38.7 Å². The topological polar surface area (TPSA) is 120 Å². The van der Waals surface area contributed by atoms with Gasteiger partial charge in [-0.3, -0.25) is 0 Å². The van der Waals surface area contributed by atoms with E-state index in [1.54, 1.807) is 4.68 Å². The van der Waals surface area contributed by atoms with E-state index in [1.165, 1.54) is 43.8 Å². The minimum Gasteiger partial charge on any atom is -0.481 e. The molecule has 7 rings (SSSR count). The standard InChI is InChI=1S/C41H37F3N6O4S/c1-39(2)26-50-37(54-27-39)34(25-46-50)55(52,49-40(29-14-7-4-8-15-29,30-16-9-5-10-17-30)31-18-11-6-12-19-31)48-38(51)47-36-32(20-13-21-33(36)41(42,43)44)28-22-23-45-35(24-28)53-3/h4-25H,26-27H2,1-3H3,(H2,47,48,49,51,52). The first-order valence-corrected chi connectivity index (χ1v) is 18.8. The van der Waals surface area contributed by atoms with Crippen molar-refractivity contribution in [3.63, 3.8) is 0 Å². The quantitative estimate of drug-likeness (QED) is 0.142. The van der Waals surface area contributed by atoms with Crippen molar-refractivity contribution >= 4 is 21.6 Å². The molecule has 1 atom stereocenters. The number of aromatic nitrogens is 3. The van der Waals surface area contributed by atoms with Crippen LogP contribution in [0.4, 0.5) is 23.7 Å². The lowest BCUT2D eigenvalue weighted by atomic mass is 9.78. The first-order valence-electron chi connectivity index (χ1n) is 17.3. The first kappa shape index (κ1) is 37.2. The Balaban J connectivity index is 1.47. The summed E-state index contributed by atoms with van der Waals surface area (Å²) in [6.07, 6.45) is -2.17. The van der Waals surface area contributed by atoms with Gasteiger partial charge in [-0.25, -0.2) is 23.4 Å². The maximum absolute atomic E-state index is 16.0. The molecule has 1 aliphatic rings. The molecule has 2 amide bonds. The molecule has 10 nitrogen and oxygen atoms in total. The highest BCUT2D eigenvalue weighted by molar-refractivity contribution is 7.92. The zero-order chi connectivity index (χ0) is 38.8. The number of nitrogens with zero attached hydrogens (tertiary/aromatic N) is 4. The number of carbonyl (C=O) groups is 1. The van der Waals surface area contributed by atoms with Gasteiger partial charge >= 0.3 is 12.2 Å². The van der Waals surface area contributed by atoms with Crippen LogP contribution >= 0.6 is 0 Å². The van der Waals surface area contributed by atoms with Crippen molar-refractivity contribution in [2.24, 2.45) is 9.78 Å². The second-order valence-corrected chi connectivity index (χ2v) is 15.6. The van der Waals surface area contributed by atoms with E-state index >= 15 is 4.21 Å². The van der Waals surface area contributed by atoms with Crippen molar-refractivity contribution in [2.75, 3.05) is 19.0 Å². The maximum Gasteiger partial charge on any atom is 0.418 e. The largest absolute Gasteiger partial charge is 0.481 e. The third kappa shape index (κ3) is 7.37. The third-order valence-electron chi connectivity index (χ3n) is 9.17. The fourth-order valence-corrected chi connectivity index (χ4v) is 8.50. The summed E-state index contributed by atoms with van der Waals surface area (Å²) in [5.41, 5.74) is -1.40. The van der Waals surface area contributed by atoms with Crippen LogP contribution in [0.15, 0.2) is 143 Å². The lowest BCUT2D eigenvalue weighted by Crippen LogP contribution is -2.39. The number of urea groups is 1. The minimum atomic E-state index is -4.88. The number of amides is 2. The van der Waals surface area contributed by atoms with Gasteiger partial charge in [0.15, 0.2) is 9.92 Å². The van der Waals surface area contributed by atoms with Crippen molar-refractivity contribution in [2.45, 2.75) is 37.0 Å². The van der Waals surface area contributed by atoms with Crippen LogP contribution in [0, 0.1) is 5.41 Å². The Morgan fingerprint density at radius 3 is 2.05 bits per heavy atom. The molecule has 282 valence electrons. The Hall–Kier alpha value is -6.15. The molecular weight excluding hydrogens is 730 g/mol. The molecule has 2 N–H and O–H groups in total. The molecule has 0 saturated heterocycles. The summed E-state index contributed by atoms with van der Waals surface area (Å²) >= 11 is 0. The molecule has 0 bridgehead atoms. The molecule has 0 spiro atoms. The van der Waals surface area contributed by atoms with Crippen LogP contribution in [0.25, 0.3) is 11.1 Å². The molecule has 3 heterocycles. The van der Waals surface area contributed by atoms with Crippen LogP contribution in [0.5, 0.6) is 11.8 Å². The first-order chi connectivity index (χ1) is 26.3. The summed E-state index contributed by atoms with van der Waals surface area (Å²) in [6.45, 7) is 4.63. The number of anilines is 1. The molecular formula is C41H37F3N6O4S. The average Bonchev–Trinajstić information content (AvgIpc) is 3.61. The van der Waals surface area contributed by atoms with Crippen LogP contribution in [0.1, 0.15) is 36.1 Å². The van der Waals surface area contributed by atoms with Crippen LogP contribution in [0.2, 0.25) is 0 Å². The molecule has 2 aromatic heterocycles. The number of para-hydroxylation sites is 1. The fraction of sp³-hybridized carbons (Fsp3) is 0.195. The predicted octanol–water partition coefficient (Wildman–Crippen LogP) is 8.95. The molecule has 0 aliphatic carbocycles. The molecule has 14 heteroatoms. The number of pyridine rings is 1. The SMILES string of the molecule is COc1cc(-c2cccc(C(F)(F)F)c2NC(=O)NS(=O)(=NC(c2ccccc2)(c2ccccc2)c2ccccc2)c2cnn3c2OCC(C)(C)C3)ccn1. The number of fused-ring (bicyclic) bond motifs is 1. The van der Waals surface area contributed by atoms with E-state index in [-0.39, 0.29) is 39.8 Å². The minimum absolute atomic E-state index is 0.0230. The zero-order valence-corrected chi connectivity index (χ0v) is 30.9. The highest BCUT2D eigenvalue weighted by Crippen LogP contribution is 2.45. The summed E-state index contributed by atoms with van der Waals surface area (Å²) in [7, 11) is -2.84. The van der Waals surface area contributed by atoms with E-state index in [4.69, 9.17) is 13.8 Å². The zero-order valence-electron chi connectivity index (χ0n) is 30.1. The number of rotatable bonds is 9. The van der Waals surface area contributed by atoms with Crippen LogP contribution < -0.4 is 19.5 Å². The summed E-state index contributed by atoms with van der Waals surface area (Å²) in [6, 6.07) is 32.7. The van der Waals surface area contributed by atoms with Crippen LogP contribution in [-0.2, 0) is 28.2 Å². The smallest absolute Gasteiger partial charge is 0.418 e. The summed E-state index contributed by atoms with van der Waals surface area (Å²) in [5.74, 6) is 0.275. The van der Waals surface area contributed by atoms with Crippen molar-refractivity contribution in [1.29, 1.82) is 0 Å². The lowest BCUT2D eigenvalue weighted by Gasteiger charge is -2.34. The number of benzene rings is 4. The second kappa shape index (κ2) is 14.6. The Bertz CT molecular complexity index is 2350. The van der Waals surface area contributed by atoms with Crippen molar-refractivity contribution < 1.29 is 31.6 Å². The number of nitrogens with one attached hydrogen (secondary N) is 2. The molecule has 1 unspecified atom stereocenters. The Kier molecular flexibility index (Phi) is 9.86. The monoisotopic (exact) mass is 766 g/mol. The summed E-state index contributed by atoms with van der Waals surface area (Å²) in [5, 5.41) is 6.89. The molecule has 0 radical (unpaired) electrons. The van der Waals surface area contributed by atoms with E-state index in [2.05, 4.69) is 20.1 Å². The molecule has 0 fully saturated rings. The Morgan fingerprint density at radius 1 is 0.891 bits per heavy atom. The Labute approximate surface area is 316 Å². The molecule has 55 heavy (non-hydrogen) atoms. The number of halogens is 3. The van der Waals surface area contributed by atoms with Gasteiger partial charge in [-0.2, -0.15) is 22.6 Å². The summed E-state index contributed by atoms with van der Waals surface area (Å²) < 4.78 is 80.5. The predicted molar refractivity (Wildman–Crippen MR) is 203 cm³/mol. The van der Waals surface area contributed by atoms with Gasteiger partial charge in [0.1, 0.15) is 10.4 Å². The number of hydrogen-bond acceptors (Lipinski definition) is 7. The van der Waals surface area contributed by atoms with Gasteiger partial charge in [-0.15, -0.1) is 0 Å². The van der Waals surface area contributed by atoms with Crippen LogP contribution in [0.3, 0.4) is 0 Å². The van der Waals surface area contributed by atoms with E-state index in [0.29, 0.717) is 23.2 Å². The molecule has 0 saturated carbocycles. The molecule has 4 aromatic carbocycles. The fourth-order valence-electron chi connectivity index (χ4n) is 6.65. The van der Waals surface area contributed by atoms with E-state index in [1.807, 2.05) is 105 Å². The van der Waals surface area contributed by atoms with Gasteiger partial charge < -0.3 is 14.8 Å². The number of ether oxygens (including phenoxy) is 2. The molecule has 1 aliphatic heterocycles. The highest BCUT2D eigenvalue weighted by Gasteiger charge is 2.42. The number of hydrogen-bond donors (Lipinski definition) is 2. The van der Waals surface area contributed by atoms with Crippen molar-refractivity contribution in [3.05, 3.63) is 156 Å². The van der Waals surface area contributed by atoms with Gasteiger partial charge in [-0.05, 0) is 34.4 Å². The maximum atomic E-state index is 16.0. The number of alkyl halides is 3. The van der Waals surface area contributed by atoms with Crippen molar-refractivity contribution in [3.8, 4) is 22.9 Å². The van der Waals surface area contributed by atoms with Gasteiger partial charge in [0.2, 0.25) is 11.8 Å². The molecule has 6 aromatic rings. The number of carbonyl (C=O) groups excluding carboxylic acids is 1.